The van der Waals surface area contributed by atoms with Crippen molar-refractivity contribution in [1.82, 2.24) is 0 Å². The van der Waals surface area contributed by atoms with Gasteiger partial charge in [-0.25, -0.2) is 4.39 Å². The smallest absolute Gasteiger partial charge is 0.266 e. The van der Waals surface area contributed by atoms with Crippen molar-refractivity contribution in [3.63, 3.8) is 0 Å². The van der Waals surface area contributed by atoms with Gasteiger partial charge in [-0.1, -0.05) is 53.0 Å². The number of halogens is 3. The molecule has 0 bridgehead atoms. The molecule has 1 amide bonds. The zero-order valence-corrected chi connectivity index (χ0v) is 18.0. The normalized spacial score (nSPS) is 11.0. The Balaban J connectivity index is 1.88. The summed E-state index contributed by atoms with van der Waals surface area (Å²) in [6.07, 6.45) is 1.35. The average Bonchev–Trinajstić information content (AvgIpc) is 2.72. The van der Waals surface area contributed by atoms with Crippen LogP contribution in [0.25, 0.3) is 6.08 Å². The third-order valence-corrected chi connectivity index (χ3v) is 4.78. The van der Waals surface area contributed by atoms with E-state index in [9.17, 15) is 14.4 Å². The van der Waals surface area contributed by atoms with Crippen molar-refractivity contribution in [3.8, 4) is 11.8 Å². The zero-order valence-electron chi connectivity index (χ0n) is 16.5. The minimum absolute atomic E-state index is 0.0391. The summed E-state index contributed by atoms with van der Waals surface area (Å²) in [5.41, 5.74) is 2.39. The molecule has 0 saturated carbocycles. The average molecular weight is 455 g/mol. The van der Waals surface area contributed by atoms with Crippen molar-refractivity contribution in [2.24, 2.45) is 0 Å². The molecule has 4 nitrogen and oxygen atoms in total. The summed E-state index contributed by atoms with van der Waals surface area (Å²) in [4.78, 5) is 12.6. The molecule has 156 valence electrons. The molecule has 7 heteroatoms. The Labute approximate surface area is 189 Å². The fraction of sp³-hybridized carbons (Fsp3) is 0.0833. The van der Waals surface area contributed by atoms with Gasteiger partial charge in [0.15, 0.2) is 0 Å². The Morgan fingerprint density at radius 3 is 2.58 bits per heavy atom. The Hall–Kier alpha value is -3.33. The number of nitrogens with one attached hydrogen (secondary N) is 1. The summed E-state index contributed by atoms with van der Waals surface area (Å²) >= 11 is 12.4. The number of hydrogen-bond acceptors (Lipinski definition) is 3. The first-order valence-corrected chi connectivity index (χ1v) is 9.97. The van der Waals surface area contributed by atoms with Crippen LogP contribution >= 0.6 is 23.2 Å². The van der Waals surface area contributed by atoms with E-state index in [2.05, 4.69) is 5.32 Å². The monoisotopic (exact) mass is 454 g/mol. The number of nitrogens with zero attached hydrogens (tertiary/aromatic N) is 1. The van der Waals surface area contributed by atoms with Crippen LogP contribution in [0.4, 0.5) is 10.1 Å². The van der Waals surface area contributed by atoms with E-state index in [0.29, 0.717) is 21.8 Å². The highest BCUT2D eigenvalue weighted by Crippen LogP contribution is 2.34. The fourth-order valence-corrected chi connectivity index (χ4v) is 3.33. The minimum Gasteiger partial charge on any atom is -0.487 e. The lowest BCUT2D eigenvalue weighted by atomic mass is 10.1. The predicted octanol–water partition coefficient (Wildman–Crippen LogP) is 6.57. The molecule has 3 aromatic carbocycles. The molecule has 3 aromatic rings. The highest BCUT2D eigenvalue weighted by molar-refractivity contribution is 6.36. The molecule has 0 fully saturated rings. The molecule has 0 spiro atoms. The van der Waals surface area contributed by atoms with Crippen molar-refractivity contribution in [2.75, 3.05) is 5.32 Å². The van der Waals surface area contributed by atoms with Crippen molar-refractivity contribution in [3.05, 3.63) is 98.8 Å². The second kappa shape index (κ2) is 10.1. The summed E-state index contributed by atoms with van der Waals surface area (Å²) in [6, 6.07) is 18.0. The molecular weight excluding hydrogens is 438 g/mol. The van der Waals surface area contributed by atoms with Gasteiger partial charge in [-0.2, -0.15) is 5.26 Å². The maximum Gasteiger partial charge on any atom is 0.266 e. The number of anilines is 1. The van der Waals surface area contributed by atoms with Gasteiger partial charge in [-0.3, -0.25) is 4.79 Å². The molecular formula is C24H17Cl2FN2O2. The van der Waals surface area contributed by atoms with Gasteiger partial charge in [-0.05, 0) is 55.0 Å². The van der Waals surface area contributed by atoms with Gasteiger partial charge < -0.3 is 10.1 Å². The van der Waals surface area contributed by atoms with E-state index in [1.165, 1.54) is 30.3 Å². The number of ether oxygens (including phenoxy) is 1. The number of rotatable bonds is 6. The van der Waals surface area contributed by atoms with Gasteiger partial charge in [0.2, 0.25) is 0 Å². The van der Waals surface area contributed by atoms with Gasteiger partial charge in [0.05, 0.1) is 5.02 Å². The molecule has 0 aromatic heterocycles. The molecule has 31 heavy (non-hydrogen) atoms. The van der Waals surface area contributed by atoms with Gasteiger partial charge in [0.25, 0.3) is 5.91 Å². The van der Waals surface area contributed by atoms with E-state index in [1.54, 1.807) is 24.3 Å². The topological polar surface area (TPSA) is 62.1 Å². The minimum atomic E-state index is -0.585. The first kappa shape index (κ1) is 22.4. The molecule has 0 saturated heterocycles. The second-order valence-electron chi connectivity index (χ2n) is 6.71. The van der Waals surface area contributed by atoms with Crippen molar-refractivity contribution < 1.29 is 13.9 Å². The SMILES string of the molecule is Cc1ccc(NC(=O)/C(C#N)=C/c2cc(Cl)cc(Cl)c2OCc2cccc(F)c2)cc1. The standard InChI is InChI=1S/C24H17Cl2FN2O2/c1-15-5-7-21(8-6-15)29-24(30)18(13-28)10-17-11-19(25)12-22(26)23(17)31-14-16-3-2-4-20(27)9-16/h2-12H,14H2,1H3,(H,29,30)/b18-10+. The fourth-order valence-electron chi connectivity index (χ4n) is 2.76. The maximum absolute atomic E-state index is 13.4. The molecule has 0 aliphatic carbocycles. The lowest BCUT2D eigenvalue weighted by molar-refractivity contribution is -0.112. The van der Waals surface area contributed by atoms with Crippen LogP contribution in [-0.2, 0) is 11.4 Å². The van der Waals surface area contributed by atoms with Crippen molar-refractivity contribution in [2.45, 2.75) is 13.5 Å². The largest absolute Gasteiger partial charge is 0.487 e. The third kappa shape index (κ3) is 6.08. The third-order valence-electron chi connectivity index (χ3n) is 4.28. The first-order chi connectivity index (χ1) is 14.9. The molecule has 0 aliphatic rings. The molecule has 0 radical (unpaired) electrons. The summed E-state index contributed by atoms with van der Waals surface area (Å²) < 4.78 is 19.2. The molecule has 3 rings (SSSR count). The summed E-state index contributed by atoms with van der Waals surface area (Å²) in [5, 5.41) is 12.7. The lowest BCUT2D eigenvalue weighted by Gasteiger charge is -2.13. The van der Waals surface area contributed by atoms with E-state index < -0.39 is 5.91 Å². The molecule has 0 heterocycles. The Morgan fingerprint density at radius 2 is 1.90 bits per heavy atom. The summed E-state index contributed by atoms with van der Waals surface area (Å²) in [5.74, 6) is -0.743. The van der Waals surface area contributed by atoms with Crippen molar-refractivity contribution >= 4 is 40.9 Å². The number of aryl methyl sites for hydroxylation is 1. The van der Waals surface area contributed by atoms with E-state index >= 15 is 0 Å². The van der Waals surface area contributed by atoms with Crippen LogP contribution in [0.3, 0.4) is 0 Å². The Kier molecular flexibility index (Phi) is 7.30. The summed E-state index contributed by atoms with van der Waals surface area (Å²) in [6.45, 7) is 1.97. The number of carbonyl (C=O) groups is 1. The van der Waals surface area contributed by atoms with Gasteiger partial charge in [-0.15, -0.1) is 0 Å². The maximum atomic E-state index is 13.4. The Bertz CT molecular complexity index is 1190. The lowest BCUT2D eigenvalue weighted by Crippen LogP contribution is -2.13. The highest BCUT2D eigenvalue weighted by Gasteiger charge is 2.15. The van der Waals surface area contributed by atoms with Gasteiger partial charge in [0, 0.05) is 16.3 Å². The molecule has 0 atom stereocenters. The van der Waals surface area contributed by atoms with E-state index in [-0.39, 0.29) is 28.8 Å². The number of amides is 1. The Morgan fingerprint density at radius 1 is 1.16 bits per heavy atom. The van der Waals surface area contributed by atoms with Crippen LogP contribution in [0, 0.1) is 24.1 Å². The van der Waals surface area contributed by atoms with Gasteiger partial charge >= 0.3 is 0 Å². The van der Waals surface area contributed by atoms with Crippen LogP contribution < -0.4 is 10.1 Å². The number of nitriles is 1. The first-order valence-electron chi connectivity index (χ1n) is 9.22. The predicted molar refractivity (Wildman–Crippen MR) is 121 cm³/mol. The molecule has 0 aliphatic heterocycles. The quantitative estimate of drug-likeness (QED) is 0.338. The molecule has 1 N–H and O–H groups in total. The highest BCUT2D eigenvalue weighted by atomic mass is 35.5. The molecule has 0 unspecified atom stereocenters. The van der Waals surface area contributed by atoms with Crippen LogP contribution in [0.1, 0.15) is 16.7 Å². The van der Waals surface area contributed by atoms with E-state index in [4.69, 9.17) is 27.9 Å². The van der Waals surface area contributed by atoms with E-state index in [1.807, 2.05) is 25.1 Å². The van der Waals surface area contributed by atoms with Crippen LogP contribution in [0.2, 0.25) is 10.0 Å². The van der Waals surface area contributed by atoms with Gasteiger partial charge in [0.1, 0.15) is 29.8 Å². The second-order valence-corrected chi connectivity index (χ2v) is 7.56. The zero-order chi connectivity index (χ0) is 22.4. The van der Waals surface area contributed by atoms with E-state index in [0.717, 1.165) is 5.56 Å². The summed E-state index contributed by atoms with van der Waals surface area (Å²) in [7, 11) is 0. The van der Waals surface area contributed by atoms with Crippen LogP contribution in [0.15, 0.2) is 66.2 Å². The van der Waals surface area contributed by atoms with Crippen molar-refractivity contribution in [1.29, 1.82) is 5.26 Å². The van der Waals surface area contributed by atoms with Crippen LogP contribution in [0.5, 0.6) is 5.75 Å². The number of carbonyl (C=O) groups excluding carboxylic acids is 1. The van der Waals surface area contributed by atoms with Crippen LogP contribution in [-0.4, -0.2) is 5.91 Å². The number of benzene rings is 3. The number of hydrogen-bond donors (Lipinski definition) is 1.